The SMILES string of the molecule is CCNC(=NCCN(CC)C1CC1)N1CCC(CC(=O)NC)CC1. The fourth-order valence-electron chi connectivity index (χ4n) is 3.46. The van der Waals surface area contributed by atoms with Gasteiger partial charge in [0.2, 0.25) is 5.91 Å². The van der Waals surface area contributed by atoms with Crippen molar-refractivity contribution in [3.8, 4) is 0 Å². The number of carbonyl (C=O) groups excluding carboxylic acids is 1. The molecule has 1 saturated heterocycles. The van der Waals surface area contributed by atoms with Gasteiger partial charge in [-0.1, -0.05) is 6.92 Å². The van der Waals surface area contributed by atoms with Gasteiger partial charge >= 0.3 is 0 Å². The molecule has 2 N–H and O–H groups in total. The lowest BCUT2D eigenvalue weighted by Crippen LogP contribution is -2.46. The van der Waals surface area contributed by atoms with Crippen LogP contribution in [0, 0.1) is 5.92 Å². The molecular formula is C18H35N5O. The molecule has 0 aromatic heterocycles. The first-order valence-electron chi connectivity index (χ1n) is 9.65. The number of carbonyl (C=O) groups is 1. The third-order valence-corrected chi connectivity index (χ3v) is 5.12. The minimum absolute atomic E-state index is 0.161. The van der Waals surface area contributed by atoms with Crippen molar-refractivity contribution in [1.82, 2.24) is 20.4 Å². The molecule has 0 radical (unpaired) electrons. The molecule has 2 rings (SSSR count). The number of rotatable bonds is 8. The number of hydrogen-bond donors (Lipinski definition) is 2. The van der Waals surface area contributed by atoms with Crippen LogP contribution in [0.4, 0.5) is 0 Å². The van der Waals surface area contributed by atoms with Crippen molar-refractivity contribution < 1.29 is 4.79 Å². The van der Waals surface area contributed by atoms with E-state index in [9.17, 15) is 4.79 Å². The smallest absolute Gasteiger partial charge is 0.220 e. The summed E-state index contributed by atoms with van der Waals surface area (Å²) < 4.78 is 0. The van der Waals surface area contributed by atoms with Gasteiger partial charge < -0.3 is 15.5 Å². The van der Waals surface area contributed by atoms with E-state index in [-0.39, 0.29) is 5.91 Å². The highest BCUT2D eigenvalue weighted by Gasteiger charge is 2.27. The number of nitrogens with zero attached hydrogens (tertiary/aromatic N) is 3. The fourth-order valence-corrected chi connectivity index (χ4v) is 3.46. The Morgan fingerprint density at radius 3 is 2.46 bits per heavy atom. The number of nitrogens with one attached hydrogen (secondary N) is 2. The molecule has 0 spiro atoms. The van der Waals surface area contributed by atoms with Crippen molar-refractivity contribution >= 4 is 11.9 Å². The van der Waals surface area contributed by atoms with Crippen molar-refractivity contribution in [3.05, 3.63) is 0 Å². The van der Waals surface area contributed by atoms with Gasteiger partial charge in [0.25, 0.3) is 0 Å². The van der Waals surface area contributed by atoms with Gasteiger partial charge in [0.05, 0.1) is 6.54 Å². The summed E-state index contributed by atoms with van der Waals surface area (Å²) in [4.78, 5) is 21.3. The molecule has 0 bridgehead atoms. The van der Waals surface area contributed by atoms with Crippen LogP contribution in [0.1, 0.15) is 46.0 Å². The summed E-state index contributed by atoms with van der Waals surface area (Å²) in [7, 11) is 1.72. The molecule has 0 atom stereocenters. The van der Waals surface area contributed by atoms with Crippen molar-refractivity contribution in [2.75, 3.05) is 46.3 Å². The van der Waals surface area contributed by atoms with Gasteiger partial charge in [0.1, 0.15) is 0 Å². The molecule has 1 heterocycles. The first-order chi connectivity index (χ1) is 11.7. The van der Waals surface area contributed by atoms with Crippen LogP contribution in [-0.2, 0) is 4.79 Å². The molecule has 1 saturated carbocycles. The summed E-state index contributed by atoms with van der Waals surface area (Å²) in [5, 5.41) is 6.17. The molecule has 6 nitrogen and oxygen atoms in total. The maximum absolute atomic E-state index is 11.5. The number of piperidine rings is 1. The zero-order chi connectivity index (χ0) is 17.4. The zero-order valence-electron chi connectivity index (χ0n) is 15.7. The van der Waals surface area contributed by atoms with Crippen LogP contribution >= 0.6 is 0 Å². The quantitative estimate of drug-likeness (QED) is 0.517. The van der Waals surface area contributed by atoms with E-state index in [0.29, 0.717) is 12.3 Å². The number of likely N-dealkylation sites (N-methyl/N-ethyl adjacent to an activating group) is 1. The standard InChI is InChI=1S/C18H35N5O/c1-4-20-18(21-10-13-22(5-2)16-6-7-16)23-11-8-15(9-12-23)14-17(24)19-3/h15-16H,4-14H2,1-3H3,(H,19,24)(H,20,21). The van der Waals surface area contributed by atoms with Crippen LogP contribution in [0.3, 0.4) is 0 Å². The second-order valence-corrected chi connectivity index (χ2v) is 6.90. The largest absolute Gasteiger partial charge is 0.359 e. The Morgan fingerprint density at radius 2 is 1.92 bits per heavy atom. The highest BCUT2D eigenvalue weighted by molar-refractivity contribution is 5.80. The van der Waals surface area contributed by atoms with Crippen molar-refractivity contribution in [2.45, 2.75) is 52.0 Å². The second-order valence-electron chi connectivity index (χ2n) is 6.90. The van der Waals surface area contributed by atoms with Gasteiger partial charge in [-0.3, -0.25) is 14.7 Å². The van der Waals surface area contributed by atoms with Gasteiger partial charge in [-0.25, -0.2) is 0 Å². The Bertz CT molecular complexity index is 414. The van der Waals surface area contributed by atoms with Crippen molar-refractivity contribution in [2.24, 2.45) is 10.9 Å². The number of guanidine groups is 1. The number of likely N-dealkylation sites (tertiary alicyclic amines) is 1. The Kier molecular flexibility index (Phi) is 7.82. The van der Waals surface area contributed by atoms with E-state index in [2.05, 4.69) is 34.3 Å². The Morgan fingerprint density at radius 1 is 1.21 bits per heavy atom. The third-order valence-electron chi connectivity index (χ3n) is 5.12. The Labute approximate surface area is 147 Å². The molecule has 6 heteroatoms. The van der Waals surface area contributed by atoms with E-state index in [0.717, 1.165) is 64.1 Å². The first kappa shape index (κ1) is 19.0. The predicted molar refractivity (Wildman–Crippen MR) is 99.2 cm³/mol. The van der Waals surface area contributed by atoms with E-state index in [1.54, 1.807) is 7.05 Å². The average Bonchev–Trinajstić information content (AvgIpc) is 3.43. The second kappa shape index (κ2) is 9.87. The van der Waals surface area contributed by atoms with E-state index in [1.165, 1.54) is 12.8 Å². The van der Waals surface area contributed by atoms with E-state index < -0.39 is 0 Å². The van der Waals surface area contributed by atoms with Gasteiger partial charge in [-0.2, -0.15) is 0 Å². The molecule has 1 aliphatic carbocycles. The number of aliphatic imine (C=N–C) groups is 1. The molecule has 0 aromatic rings. The maximum atomic E-state index is 11.5. The van der Waals surface area contributed by atoms with Crippen LogP contribution in [0.5, 0.6) is 0 Å². The van der Waals surface area contributed by atoms with Crippen molar-refractivity contribution in [3.63, 3.8) is 0 Å². The molecule has 138 valence electrons. The van der Waals surface area contributed by atoms with Crippen LogP contribution in [0.25, 0.3) is 0 Å². The van der Waals surface area contributed by atoms with Gasteiger partial charge in [0.15, 0.2) is 5.96 Å². The molecule has 24 heavy (non-hydrogen) atoms. The van der Waals surface area contributed by atoms with Crippen LogP contribution in [0.15, 0.2) is 4.99 Å². The van der Waals surface area contributed by atoms with Crippen LogP contribution < -0.4 is 10.6 Å². The summed E-state index contributed by atoms with van der Waals surface area (Å²) in [5.41, 5.74) is 0. The predicted octanol–water partition coefficient (Wildman–Crippen LogP) is 1.28. The van der Waals surface area contributed by atoms with E-state index >= 15 is 0 Å². The lowest BCUT2D eigenvalue weighted by atomic mass is 9.93. The zero-order valence-corrected chi connectivity index (χ0v) is 15.7. The summed E-state index contributed by atoms with van der Waals surface area (Å²) in [6, 6.07) is 0.813. The van der Waals surface area contributed by atoms with Crippen LogP contribution in [0.2, 0.25) is 0 Å². The molecule has 1 amide bonds. The normalized spacial score (nSPS) is 19.7. The minimum atomic E-state index is 0.161. The topological polar surface area (TPSA) is 60.0 Å². The summed E-state index contributed by atoms with van der Waals surface area (Å²) in [6.45, 7) is 10.3. The molecular weight excluding hydrogens is 302 g/mol. The number of amides is 1. The summed E-state index contributed by atoms with van der Waals surface area (Å²) >= 11 is 0. The molecule has 1 aliphatic heterocycles. The highest BCUT2D eigenvalue weighted by Crippen LogP contribution is 2.26. The fraction of sp³-hybridized carbons (Fsp3) is 0.889. The summed E-state index contributed by atoms with van der Waals surface area (Å²) in [5.74, 6) is 1.71. The van der Waals surface area contributed by atoms with E-state index in [4.69, 9.17) is 4.99 Å². The minimum Gasteiger partial charge on any atom is -0.359 e. The lowest BCUT2D eigenvalue weighted by Gasteiger charge is -2.34. The third kappa shape index (κ3) is 5.96. The summed E-state index contributed by atoms with van der Waals surface area (Å²) in [6.07, 6.45) is 5.51. The van der Waals surface area contributed by atoms with Crippen LogP contribution in [-0.4, -0.2) is 74.0 Å². The molecule has 2 aliphatic rings. The molecule has 2 fully saturated rings. The number of hydrogen-bond acceptors (Lipinski definition) is 3. The molecule has 0 aromatic carbocycles. The van der Waals surface area contributed by atoms with Gasteiger partial charge in [0, 0.05) is 45.7 Å². The van der Waals surface area contributed by atoms with E-state index in [1.807, 2.05) is 0 Å². The first-order valence-corrected chi connectivity index (χ1v) is 9.65. The lowest BCUT2D eigenvalue weighted by molar-refractivity contribution is -0.121. The Balaban J connectivity index is 1.79. The van der Waals surface area contributed by atoms with Gasteiger partial charge in [-0.15, -0.1) is 0 Å². The molecule has 0 unspecified atom stereocenters. The highest BCUT2D eigenvalue weighted by atomic mass is 16.1. The average molecular weight is 338 g/mol. The van der Waals surface area contributed by atoms with Crippen molar-refractivity contribution in [1.29, 1.82) is 0 Å². The Hall–Kier alpha value is -1.30. The monoisotopic (exact) mass is 337 g/mol. The maximum Gasteiger partial charge on any atom is 0.220 e. The van der Waals surface area contributed by atoms with Gasteiger partial charge in [-0.05, 0) is 45.1 Å².